The molecule has 0 fully saturated rings. The number of nitro groups is 4. The Labute approximate surface area is 297 Å². The fraction of sp³-hybridized carbons (Fsp3) is 0.459. The molecule has 2 aliphatic rings. The maximum atomic E-state index is 12.1. The number of hydrogen-bond donors (Lipinski definition) is 0. The molecule has 51 heavy (non-hydrogen) atoms. The van der Waals surface area contributed by atoms with E-state index in [9.17, 15) is 40.5 Å². The molecule has 2 aliphatic heterocycles. The standard InChI is InChI=1S/C37H46N6O8/c1-24(2)16-18-38-28-20-26(40(44)45)22-30(42(48)49)34(28)36(5,6)32(38)14-12-10-9-11-13-15-33-37(7,8)35-29(39(33)19-17-25(3)4)21-27(41(46)47)23-31(35)43(50)51/h9-15,20-25,32H,16-19H2,1-8H3/b10-9+,13-11+,14-12+,33-15+. The van der Waals surface area contributed by atoms with Crippen molar-refractivity contribution in [3.05, 3.63) is 124 Å². The highest BCUT2D eigenvalue weighted by Gasteiger charge is 2.49. The smallest absolute Gasteiger partial charge is 0.282 e. The molecule has 0 saturated carbocycles. The van der Waals surface area contributed by atoms with E-state index in [1.807, 2.05) is 80.0 Å². The number of rotatable bonds is 14. The number of fused-ring (bicyclic) bond motifs is 2. The van der Waals surface area contributed by atoms with Crippen molar-refractivity contribution < 1.29 is 19.7 Å². The topological polar surface area (TPSA) is 179 Å². The maximum Gasteiger partial charge on any atom is 0.282 e. The average Bonchev–Trinajstić information content (AvgIpc) is 3.38. The molecule has 0 saturated heterocycles. The predicted molar refractivity (Wildman–Crippen MR) is 198 cm³/mol. The van der Waals surface area contributed by atoms with Crippen LogP contribution in [0.2, 0.25) is 0 Å². The zero-order chi connectivity index (χ0) is 38.0. The van der Waals surface area contributed by atoms with Crippen LogP contribution in [-0.2, 0) is 10.8 Å². The van der Waals surface area contributed by atoms with E-state index in [0.717, 1.165) is 30.7 Å². The SMILES string of the molecule is CC(C)CCN1/C(=C/C=C/C=C/C=C/C2N(CCC(C)C)c3cc([N+](=O)[O-])cc([N+](=O)[O-])c3C2(C)C)C(C)(C)c2c1cc([N+](=O)[O-])cc2[N+](=O)[O-]. The fourth-order valence-corrected chi connectivity index (χ4v) is 7.15. The van der Waals surface area contributed by atoms with Crippen molar-refractivity contribution in [3.63, 3.8) is 0 Å². The van der Waals surface area contributed by atoms with Gasteiger partial charge in [0, 0.05) is 41.7 Å². The highest BCUT2D eigenvalue weighted by molar-refractivity contribution is 5.79. The van der Waals surface area contributed by atoms with Crippen molar-refractivity contribution in [2.24, 2.45) is 11.8 Å². The molecule has 2 aromatic rings. The van der Waals surface area contributed by atoms with E-state index >= 15 is 0 Å². The zero-order valence-corrected chi connectivity index (χ0v) is 30.4. The van der Waals surface area contributed by atoms with Gasteiger partial charge in [0.2, 0.25) is 0 Å². The lowest BCUT2D eigenvalue weighted by Crippen LogP contribution is -2.40. The summed E-state index contributed by atoms with van der Waals surface area (Å²) in [7, 11) is 0. The van der Waals surface area contributed by atoms with E-state index < -0.39 is 30.5 Å². The molecule has 0 bridgehead atoms. The normalized spacial score (nSPS) is 18.5. The number of hydrogen-bond acceptors (Lipinski definition) is 10. The molecule has 2 aromatic carbocycles. The second-order valence-electron chi connectivity index (χ2n) is 15.0. The van der Waals surface area contributed by atoms with E-state index in [-0.39, 0.29) is 28.8 Å². The summed E-state index contributed by atoms with van der Waals surface area (Å²) in [5, 5.41) is 47.6. The molecule has 14 nitrogen and oxygen atoms in total. The average molecular weight is 703 g/mol. The van der Waals surface area contributed by atoms with E-state index in [2.05, 4.69) is 27.7 Å². The van der Waals surface area contributed by atoms with E-state index in [0.29, 0.717) is 47.4 Å². The Bertz CT molecular complexity index is 1860. The van der Waals surface area contributed by atoms with Crippen LogP contribution in [0.1, 0.15) is 79.4 Å². The van der Waals surface area contributed by atoms with Gasteiger partial charge in [-0.05, 0) is 44.6 Å². The van der Waals surface area contributed by atoms with Crippen LogP contribution in [0.25, 0.3) is 0 Å². The third kappa shape index (κ3) is 7.69. The maximum absolute atomic E-state index is 12.1. The first-order chi connectivity index (χ1) is 23.8. The van der Waals surface area contributed by atoms with Gasteiger partial charge in [-0.25, -0.2) is 0 Å². The molecular weight excluding hydrogens is 656 g/mol. The Hall–Kier alpha value is -5.40. The second-order valence-corrected chi connectivity index (χ2v) is 15.0. The highest BCUT2D eigenvalue weighted by Crippen LogP contribution is 2.54. The Morgan fingerprint density at radius 1 is 0.667 bits per heavy atom. The summed E-state index contributed by atoms with van der Waals surface area (Å²) >= 11 is 0. The van der Waals surface area contributed by atoms with Crippen molar-refractivity contribution >= 4 is 34.1 Å². The molecule has 14 heteroatoms. The quantitative estimate of drug-likeness (QED) is 0.105. The second kappa shape index (κ2) is 14.8. The number of nitrogens with zero attached hydrogens (tertiary/aromatic N) is 6. The van der Waals surface area contributed by atoms with Crippen LogP contribution in [-0.4, -0.2) is 38.8 Å². The zero-order valence-electron chi connectivity index (χ0n) is 30.4. The van der Waals surface area contributed by atoms with Crippen LogP contribution in [0, 0.1) is 52.3 Å². The minimum absolute atomic E-state index is 0.263. The van der Waals surface area contributed by atoms with E-state index in [1.165, 1.54) is 12.1 Å². The molecule has 1 atom stereocenters. The van der Waals surface area contributed by atoms with Crippen LogP contribution in [0.3, 0.4) is 0 Å². The molecule has 0 aromatic heterocycles. The Morgan fingerprint density at radius 3 is 1.69 bits per heavy atom. The minimum atomic E-state index is -0.808. The number of anilines is 2. The lowest BCUT2D eigenvalue weighted by Gasteiger charge is -2.32. The first-order valence-corrected chi connectivity index (χ1v) is 17.0. The van der Waals surface area contributed by atoms with Gasteiger partial charge in [0.1, 0.15) is 0 Å². The lowest BCUT2D eigenvalue weighted by atomic mass is 9.79. The van der Waals surface area contributed by atoms with E-state index in [4.69, 9.17) is 0 Å². The van der Waals surface area contributed by atoms with Crippen LogP contribution < -0.4 is 9.80 Å². The highest BCUT2D eigenvalue weighted by atomic mass is 16.6. The van der Waals surface area contributed by atoms with Crippen molar-refractivity contribution in [3.8, 4) is 0 Å². The summed E-state index contributed by atoms with van der Waals surface area (Å²) in [4.78, 5) is 49.2. The number of benzene rings is 2. The fourth-order valence-electron chi connectivity index (χ4n) is 7.15. The van der Waals surface area contributed by atoms with Crippen molar-refractivity contribution in [2.75, 3.05) is 22.9 Å². The van der Waals surface area contributed by atoms with Crippen LogP contribution >= 0.6 is 0 Å². The van der Waals surface area contributed by atoms with Crippen molar-refractivity contribution in [2.45, 2.75) is 85.1 Å². The summed E-state index contributed by atoms with van der Waals surface area (Å²) < 4.78 is 0. The molecule has 0 spiro atoms. The Balaban J connectivity index is 1.66. The summed E-state index contributed by atoms with van der Waals surface area (Å²) in [6.07, 6.45) is 14.5. The summed E-state index contributed by atoms with van der Waals surface area (Å²) in [6, 6.07) is 4.61. The van der Waals surface area contributed by atoms with Gasteiger partial charge < -0.3 is 9.80 Å². The molecule has 0 amide bonds. The van der Waals surface area contributed by atoms with Gasteiger partial charge in [-0.15, -0.1) is 0 Å². The summed E-state index contributed by atoms with van der Waals surface area (Å²) in [6.45, 7) is 17.0. The Morgan fingerprint density at radius 2 is 1.16 bits per heavy atom. The van der Waals surface area contributed by atoms with Gasteiger partial charge in [-0.3, -0.25) is 40.5 Å². The lowest BCUT2D eigenvalue weighted by molar-refractivity contribution is -0.394. The van der Waals surface area contributed by atoms with Crippen LogP contribution in [0.15, 0.2) is 72.5 Å². The predicted octanol–water partition coefficient (Wildman–Crippen LogP) is 9.23. The molecule has 1 unspecified atom stereocenters. The Kier molecular flexibility index (Phi) is 11.2. The third-order valence-corrected chi connectivity index (χ3v) is 9.72. The van der Waals surface area contributed by atoms with Gasteiger partial charge in [0.25, 0.3) is 22.7 Å². The molecule has 272 valence electrons. The van der Waals surface area contributed by atoms with Crippen LogP contribution in [0.5, 0.6) is 0 Å². The van der Waals surface area contributed by atoms with Crippen molar-refractivity contribution in [1.29, 1.82) is 0 Å². The molecule has 0 aliphatic carbocycles. The van der Waals surface area contributed by atoms with Gasteiger partial charge >= 0.3 is 0 Å². The first-order valence-electron chi connectivity index (χ1n) is 17.0. The minimum Gasteiger partial charge on any atom is -0.364 e. The number of allylic oxidation sites excluding steroid dienone is 7. The molecule has 2 heterocycles. The largest absolute Gasteiger partial charge is 0.364 e. The van der Waals surface area contributed by atoms with Crippen molar-refractivity contribution in [1.82, 2.24) is 0 Å². The van der Waals surface area contributed by atoms with Gasteiger partial charge in [0.15, 0.2) is 0 Å². The van der Waals surface area contributed by atoms with Gasteiger partial charge in [-0.1, -0.05) is 78.0 Å². The molecule has 0 radical (unpaired) electrons. The van der Waals surface area contributed by atoms with Crippen LogP contribution in [0.4, 0.5) is 34.1 Å². The molecule has 4 rings (SSSR count). The first kappa shape index (κ1) is 38.4. The third-order valence-electron chi connectivity index (χ3n) is 9.72. The molecular formula is C37H46N6O8. The summed E-state index contributed by atoms with van der Waals surface area (Å²) in [5.41, 5.74) is -0.0772. The number of nitro benzene ring substituents is 4. The molecule has 0 N–H and O–H groups in total. The van der Waals surface area contributed by atoms with Gasteiger partial charge in [0.05, 0.1) is 60.4 Å². The summed E-state index contributed by atoms with van der Waals surface area (Å²) in [5.74, 6) is 0.673. The number of non-ortho nitro benzene ring substituents is 2. The monoisotopic (exact) mass is 702 g/mol. The van der Waals surface area contributed by atoms with Gasteiger partial charge in [-0.2, -0.15) is 0 Å². The van der Waals surface area contributed by atoms with E-state index in [1.54, 1.807) is 0 Å².